The van der Waals surface area contributed by atoms with Crippen LogP contribution in [0, 0.1) is 0 Å². The van der Waals surface area contributed by atoms with Crippen molar-refractivity contribution in [3.05, 3.63) is 23.1 Å². The first-order valence-electron chi connectivity index (χ1n) is 2.43. The smallest absolute Gasteiger partial charge is 0.279 e. The van der Waals surface area contributed by atoms with Crippen molar-refractivity contribution in [2.75, 3.05) is 0 Å². The van der Waals surface area contributed by atoms with Gasteiger partial charge in [-0.25, -0.2) is 5.48 Å². The van der Waals surface area contributed by atoms with Gasteiger partial charge in [0, 0.05) is 0 Å². The summed E-state index contributed by atoms with van der Waals surface area (Å²) in [7, 11) is 0. The Morgan fingerprint density at radius 3 is 2.90 bits per heavy atom. The van der Waals surface area contributed by atoms with Crippen LogP contribution in [0.4, 0.5) is 0 Å². The van der Waals surface area contributed by atoms with Crippen LogP contribution in [0.2, 0.25) is 5.22 Å². The molecule has 0 spiro atoms. The van der Waals surface area contributed by atoms with Crippen LogP contribution in [0.1, 0.15) is 10.4 Å². The van der Waals surface area contributed by atoms with E-state index >= 15 is 0 Å². The molecule has 1 amide bonds. The molecule has 2 N–H and O–H groups in total. The third kappa shape index (κ3) is 1.12. The largest absolute Gasteiger partial charge is 0.452 e. The average Bonchev–Trinajstić information content (AvgIpc) is 2.34. The van der Waals surface area contributed by atoms with Gasteiger partial charge in [-0.2, -0.15) is 0 Å². The van der Waals surface area contributed by atoms with E-state index in [1.165, 1.54) is 17.8 Å². The van der Waals surface area contributed by atoms with Crippen molar-refractivity contribution in [2.45, 2.75) is 0 Å². The number of hydroxylamine groups is 1. The maximum Gasteiger partial charge on any atom is 0.279 e. The summed E-state index contributed by atoms with van der Waals surface area (Å²) in [6.45, 7) is 0. The van der Waals surface area contributed by atoms with Gasteiger partial charge >= 0.3 is 0 Å². The van der Waals surface area contributed by atoms with E-state index in [1.54, 1.807) is 0 Å². The van der Waals surface area contributed by atoms with Crippen LogP contribution in [0.5, 0.6) is 0 Å². The summed E-state index contributed by atoms with van der Waals surface area (Å²) < 4.78 is 4.58. The van der Waals surface area contributed by atoms with E-state index in [0.29, 0.717) is 0 Å². The van der Waals surface area contributed by atoms with E-state index < -0.39 is 5.91 Å². The fourth-order valence-electron chi connectivity index (χ4n) is 0.516. The highest BCUT2D eigenvalue weighted by molar-refractivity contribution is 6.32. The van der Waals surface area contributed by atoms with Crippen LogP contribution in [0.15, 0.2) is 16.7 Å². The quantitative estimate of drug-likeness (QED) is 0.478. The van der Waals surface area contributed by atoms with Gasteiger partial charge in [-0.3, -0.25) is 10.0 Å². The first-order chi connectivity index (χ1) is 4.75. The van der Waals surface area contributed by atoms with Crippen LogP contribution >= 0.6 is 11.6 Å². The molecule has 0 aromatic carbocycles. The van der Waals surface area contributed by atoms with Crippen LogP contribution < -0.4 is 5.48 Å². The van der Waals surface area contributed by atoms with E-state index in [2.05, 4.69) is 4.42 Å². The lowest BCUT2D eigenvalue weighted by Crippen LogP contribution is -2.17. The fourth-order valence-corrected chi connectivity index (χ4v) is 0.716. The number of carbonyl (C=O) groups excluding carboxylic acids is 1. The van der Waals surface area contributed by atoms with Gasteiger partial charge < -0.3 is 4.42 Å². The van der Waals surface area contributed by atoms with Crippen molar-refractivity contribution in [1.29, 1.82) is 0 Å². The summed E-state index contributed by atoms with van der Waals surface area (Å²) in [5.41, 5.74) is 1.54. The number of amides is 1. The molecular formula is C5H4ClNO3. The van der Waals surface area contributed by atoms with E-state index in [0.717, 1.165) is 0 Å². The summed E-state index contributed by atoms with van der Waals surface area (Å²) in [5.74, 6) is -0.682. The molecule has 0 bridgehead atoms. The zero-order valence-electron chi connectivity index (χ0n) is 4.80. The maximum atomic E-state index is 10.6. The first kappa shape index (κ1) is 7.11. The Balaban J connectivity index is 2.93. The molecule has 10 heavy (non-hydrogen) atoms. The Morgan fingerprint density at radius 2 is 2.50 bits per heavy atom. The number of nitrogens with one attached hydrogen (secondary N) is 1. The van der Waals surface area contributed by atoms with Crippen LogP contribution in [-0.4, -0.2) is 11.1 Å². The predicted molar refractivity (Wildman–Crippen MR) is 33.0 cm³/mol. The molecule has 1 aromatic heterocycles. The standard InChI is InChI=1S/C5H4ClNO3/c6-4-3(1-2-10-4)5(8)7-9/h1-2,9H,(H,7,8). The second-order valence-electron chi connectivity index (χ2n) is 1.55. The zero-order chi connectivity index (χ0) is 7.56. The van der Waals surface area contributed by atoms with Gasteiger partial charge in [-0.15, -0.1) is 0 Å². The average molecular weight is 162 g/mol. The summed E-state index contributed by atoms with van der Waals surface area (Å²) in [5, 5.41) is 8.10. The fraction of sp³-hybridized carbons (Fsp3) is 0. The van der Waals surface area contributed by atoms with Gasteiger partial charge in [0.2, 0.25) is 5.22 Å². The normalized spacial score (nSPS) is 9.40. The number of furan rings is 1. The molecule has 5 heteroatoms. The molecule has 0 aliphatic carbocycles. The monoisotopic (exact) mass is 161 g/mol. The third-order valence-electron chi connectivity index (χ3n) is 0.964. The Kier molecular flexibility index (Phi) is 1.94. The molecule has 4 nitrogen and oxygen atoms in total. The van der Waals surface area contributed by atoms with Crippen molar-refractivity contribution in [3.63, 3.8) is 0 Å². The summed E-state index contributed by atoms with van der Waals surface area (Å²) in [6, 6.07) is 1.36. The number of halogens is 1. The molecule has 0 aliphatic heterocycles. The van der Waals surface area contributed by atoms with Crippen LogP contribution in [-0.2, 0) is 0 Å². The zero-order valence-corrected chi connectivity index (χ0v) is 5.55. The maximum absolute atomic E-state index is 10.6. The Bertz CT molecular complexity index is 245. The van der Waals surface area contributed by atoms with Gasteiger partial charge in [0.1, 0.15) is 0 Å². The molecule has 1 heterocycles. The van der Waals surface area contributed by atoms with Crippen molar-refractivity contribution in [2.24, 2.45) is 0 Å². The minimum Gasteiger partial charge on any atom is -0.452 e. The third-order valence-corrected chi connectivity index (χ3v) is 1.26. The molecule has 1 aromatic rings. The van der Waals surface area contributed by atoms with Crippen molar-refractivity contribution < 1.29 is 14.4 Å². The Morgan fingerprint density at radius 1 is 1.80 bits per heavy atom. The summed E-state index contributed by atoms with van der Waals surface area (Å²) in [4.78, 5) is 10.6. The number of carbonyl (C=O) groups is 1. The lowest BCUT2D eigenvalue weighted by atomic mass is 10.3. The summed E-state index contributed by atoms with van der Waals surface area (Å²) in [6.07, 6.45) is 1.26. The molecule has 0 unspecified atom stereocenters. The minimum atomic E-state index is -0.682. The van der Waals surface area contributed by atoms with Gasteiger partial charge in [0.15, 0.2) is 0 Å². The molecular weight excluding hydrogens is 158 g/mol. The highest BCUT2D eigenvalue weighted by atomic mass is 35.5. The van der Waals surface area contributed by atoms with Crippen molar-refractivity contribution in [1.82, 2.24) is 5.48 Å². The molecule has 0 atom stereocenters. The number of rotatable bonds is 1. The topological polar surface area (TPSA) is 62.5 Å². The Hall–Kier alpha value is -1.00. The highest BCUT2D eigenvalue weighted by Crippen LogP contribution is 2.15. The summed E-state index contributed by atoms with van der Waals surface area (Å²) >= 11 is 5.37. The predicted octanol–water partition coefficient (Wildman–Crippen LogP) is 1.05. The second kappa shape index (κ2) is 2.72. The molecule has 0 saturated carbocycles. The van der Waals surface area contributed by atoms with Gasteiger partial charge in [0.25, 0.3) is 5.91 Å². The molecule has 0 aliphatic rings. The van der Waals surface area contributed by atoms with Gasteiger partial charge in [-0.05, 0) is 17.7 Å². The van der Waals surface area contributed by atoms with Crippen molar-refractivity contribution in [3.8, 4) is 0 Å². The van der Waals surface area contributed by atoms with E-state index in [9.17, 15) is 4.79 Å². The van der Waals surface area contributed by atoms with Crippen LogP contribution in [0.3, 0.4) is 0 Å². The van der Waals surface area contributed by atoms with Gasteiger partial charge in [-0.1, -0.05) is 0 Å². The first-order valence-corrected chi connectivity index (χ1v) is 2.81. The number of hydrogen-bond acceptors (Lipinski definition) is 3. The van der Waals surface area contributed by atoms with E-state index in [1.807, 2.05) is 0 Å². The van der Waals surface area contributed by atoms with Crippen LogP contribution in [0.25, 0.3) is 0 Å². The van der Waals surface area contributed by atoms with Gasteiger partial charge in [0.05, 0.1) is 11.8 Å². The Labute approximate surface area is 61.4 Å². The molecule has 0 radical (unpaired) electrons. The number of hydrogen-bond donors (Lipinski definition) is 2. The molecule has 0 fully saturated rings. The van der Waals surface area contributed by atoms with E-state index in [4.69, 9.17) is 16.8 Å². The van der Waals surface area contributed by atoms with E-state index in [-0.39, 0.29) is 10.8 Å². The molecule has 1 rings (SSSR count). The lowest BCUT2D eigenvalue weighted by molar-refractivity contribution is 0.0706. The van der Waals surface area contributed by atoms with Crippen molar-refractivity contribution >= 4 is 17.5 Å². The SMILES string of the molecule is O=C(NO)c1ccoc1Cl. The highest BCUT2D eigenvalue weighted by Gasteiger charge is 2.10. The molecule has 54 valence electrons. The molecule has 0 saturated heterocycles. The lowest BCUT2D eigenvalue weighted by Gasteiger charge is -1.91. The minimum absolute atomic E-state index is 0.0356. The second-order valence-corrected chi connectivity index (χ2v) is 1.89.